The highest BCUT2D eigenvalue weighted by atomic mass is 16.3. The third-order valence-corrected chi connectivity index (χ3v) is 3.89. The molecule has 0 amide bonds. The van der Waals surface area contributed by atoms with Gasteiger partial charge in [0.05, 0.1) is 6.10 Å². The first kappa shape index (κ1) is 13.3. The summed E-state index contributed by atoms with van der Waals surface area (Å²) in [5, 5.41) is 9.64. The Bertz CT molecular complexity index is 417. The molecule has 1 aliphatic heterocycles. The summed E-state index contributed by atoms with van der Waals surface area (Å²) in [6.07, 6.45) is 1.34. The summed E-state index contributed by atoms with van der Waals surface area (Å²) >= 11 is 0. The molecule has 2 heterocycles. The third kappa shape index (κ3) is 2.65. The van der Waals surface area contributed by atoms with Gasteiger partial charge in [-0.15, -0.1) is 0 Å². The number of nitrogens with zero attached hydrogens (tertiary/aromatic N) is 3. The van der Waals surface area contributed by atoms with Crippen molar-refractivity contribution in [3.63, 3.8) is 0 Å². The van der Waals surface area contributed by atoms with Gasteiger partial charge in [-0.2, -0.15) is 0 Å². The molecule has 1 aromatic rings. The van der Waals surface area contributed by atoms with E-state index in [4.69, 9.17) is 0 Å². The molecule has 0 unspecified atom stereocenters. The number of hydrogen-bond donors (Lipinski definition) is 1. The zero-order chi connectivity index (χ0) is 13.3. The SMILES string of the molecule is C[C@@H](O)c1ccnc(N2CCN(C)C(C)(C)C2)c1. The minimum absolute atomic E-state index is 0.154. The van der Waals surface area contributed by atoms with Crippen LogP contribution in [0.5, 0.6) is 0 Å². The number of aliphatic hydroxyl groups is 1. The maximum absolute atomic E-state index is 9.64. The maximum Gasteiger partial charge on any atom is 0.128 e. The zero-order valence-electron chi connectivity index (χ0n) is 11.7. The Labute approximate surface area is 109 Å². The van der Waals surface area contributed by atoms with Crippen LogP contribution >= 0.6 is 0 Å². The molecule has 1 fully saturated rings. The second-order valence-corrected chi connectivity index (χ2v) is 5.78. The van der Waals surface area contributed by atoms with Crippen molar-refractivity contribution in [1.82, 2.24) is 9.88 Å². The van der Waals surface area contributed by atoms with Crippen LogP contribution in [0.1, 0.15) is 32.4 Å². The summed E-state index contributed by atoms with van der Waals surface area (Å²) in [6, 6.07) is 3.86. The average molecular weight is 249 g/mol. The van der Waals surface area contributed by atoms with E-state index in [1.165, 1.54) is 0 Å². The van der Waals surface area contributed by atoms with E-state index in [2.05, 4.69) is 35.7 Å². The van der Waals surface area contributed by atoms with E-state index >= 15 is 0 Å². The molecule has 0 radical (unpaired) electrons. The summed E-state index contributed by atoms with van der Waals surface area (Å²) in [5.74, 6) is 0.967. The first-order valence-electron chi connectivity index (χ1n) is 6.50. The maximum atomic E-state index is 9.64. The molecule has 18 heavy (non-hydrogen) atoms. The Balaban J connectivity index is 2.19. The molecule has 1 saturated heterocycles. The van der Waals surface area contributed by atoms with Gasteiger partial charge >= 0.3 is 0 Å². The largest absolute Gasteiger partial charge is 0.389 e. The fraction of sp³-hybridized carbons (Fsp3) is 0.643. The third-order valence-electron chi connectivity index (χ3n) is 3.89. The molecular formula is C14H23N3O. The first-order valence-corrected chi connectivity index (χ1v) is 6.50. The second kappa shape index (κ2) is 4.86. The van der Waals surface area contributed by atoms with Crippen molar-refractivity contribution in [2.45, 2.75) is 32.4 Å². The van der Waals surface area contributed by atoms with Crippen LogP contribution in [0.2, 0.25) is 0 Å². The molecule has 4 heteroatoms. The van der Waals surface area contributed by atoms with E-state index in [-0.39, 0.29) is 5.54 Å². The van der Waals surface area contributed by atoms with Crippen LogP contribution in [0, 0.1) is 0 Å². The molecule has 0 aromatic carbocycles. The lowest BCUT2D eigenvalue weighted by molar-refractivity contribution is 0.138. The van der Waals surface area contributed by atoms with E-state index < -0.39 is 6.10 Å². The highest BCUT2D eigenvalue weighted by Gasteiger charge is 2.31. The van der Waals surface area contributed by atoms with Crippen molar-refractivity contribution in [2.24, 2.45) is 0 Å². The van der Waals surface area contributed by atoms with Crippen LogP contribution in [0.15, 0.2) is 18.3 Å². The number of pyridine rings is 1. The van der Waals surface area contributed by atoms with Crippen LogP contribution < -0.4 is 4.90 Å². The Hall–Kier alpha value is -1.13. The summed E-state index contributed by atoms with van der Waals surface area (Å²) < 4.78 is 0. The van der Waals surface area contributed by atoms with Gasteiger partial charge < -0.3 is 10.0 Å². The van der Waals surface area contributed by atoms with Gasteiger partial charge in [-0.25, -0.2) is 4.98 Å². The number of piperazine rings is 1. The molecule has 2 rings (SSSR count). The smallest absolute Gasteiger partial charge is 0.128 e. The van der Waals surface area contributed by atoms with Crippen molar-refractivity contribution >= 4 is 5.82 Å². The molecule has 1 N–H and O–H groups in total. The van der Waals surface area contributed by atoms with Gasteiger partial charge in [0.25, 0.3) is 0 Å². The topological polar surface area (TPSA) is 39.6 Å². The van der Waals surface area contributed by atoms with Crippen molar-refractivity contribution in [2.75, 3.05) is 31.6 Å². The first-order chi connectivity index (χ1) is 8.40. The normalized spacial score (nSPS) is 21.9. The van der Waals surface area contributed by atoms with Crippen LogP contribution in [-0.2, 0) is 0 Å². The molecule has 0 bridgehead atoms. The van der Waals surface area contributed by atoms with Gasteiger partial charge in [0.1, 0.15) is 5.82 Å². The summed E-state index contributed by atoms with van der Waals surface area (Å²) in [6.45, 7) is 9.26. The second-order valence-electron chi connectivity index (χ2n) is 5.78. The molecule has 4 nitrogen and oxygen atoms in total. The Kier molecular flexibility index (Phi) is 3.59. The Morgan fingerprint density at radius 2 is 2.11 bits per heavy atom. The number of aromatic nitrogens is 1. The molecule has 1 aromatic heterocycles. The molecule has 1 aliphatic rings. The summed E-state index contributed by atoms with van der Waals surface area (Å²) in [4.78, 5) is 9.11. The van der Waals surface area contributed by atoms with E-state index in [0.717, 1.165) is 31.0 Å². The highest BCUT2D eigenvalue weighted by Crippen LogP contribution is 2.24. The number of hydrogen-bond acceptors (Lipinski definition) is 4. The number of likely N-dealkylation sites (N-methyl/N-ethyl adjacent to an activating group) is 1. The highest BCUT2D eigenvalue weighted by molar-refractivity contribution is 5.42. The summed E-state index contributed by atoms with van der Waals surface area (Å²) in [7, 11) is 2.16. The zero-order valence-corrected chi connectivity index (χ0v) is 11.7. The van der Waals surface area contributed by atoms with Gasteiger partial charge in [0, 0.05) is 31.4 Å². The van der Waals surface area contributed by atoms with Crippen molar-refractivity contribution in [3.05, 3.63) is 23.9 Å². The Morgan fingerprint density at radius 1 is 1.39 bits per heavy atom. The standard InChI is InChI=1S/C14H23N3O/c1-11(18)12-5-6-15-13(9-12)17-8-7-16(4)14(2,3)10-17/h5-6,9,11,18H,7-8,10H2,1-4H3/t11-/m1/s1. The molecular weight excluding hydrogens is 226 g/mol. The molecule has 0 aliphatic carbocycles. The van der Waals surface area contributed by atoms with Gasteiger partial charge in [-0.1, -0.05) is 0 Å². The van der Waals surface area contributed by atoms with Gasteiger partial charge in [0.2, 0.25) is 0 Å². The lowest BCUT2D eigenvalue weighted by Crippen LogP contribution is -2.57. The van der Waals surface area contributed by atoms with E-state index in [9.17, 15) is 5.11 Å². The lowest BCUT2D eigenvalue weighted by Gasteiger charge is -2.45. The predicted octanol–water partition coefficient (Wildman–Crippen LogP) is 1.67. The van der Waals surface area contributed by atoms with Crippen LogP contribution in [0.4, 0.5) is 5.82 Å². The van der Waals surface area contributed by atoms with Crippen LogP contribution in [-0.4, -0.2) is 47.2 Å². The molecule has 0 saturated carbocycles. The van der Waals surface area contributed by atoms with Gasteiger partial charge in [-0.3, -0.25) is 4.90 Å². The number of anilines is 1. The lowest BCUT2D eigenvalue weighted by atomic mass is 9.99. The minimum atomic E-state index is -0.438. The summed E-state index contributed by atoms with van der Waals surface area (Å²) in [5.41, 5.74) is 1.08. The molecule has 1 atom stereocenters. The van der Waals surface area contributed by atoms with Gasteiger partial charge in [-0.05, 0) is 45.5 Å². The fourth-order valence-corrected chi connectivity index (χ4v) is 2.30. The minimum Gasteiger partial charge on any atom is -0.389 e. The fourth-order valence-electron chi connectivity index (χ4n) is 2.30. The van der Waals surface area contributed by atoms with Crippen molar-refractivity contribution in [3.8, 4) is 0 Å². The molecule has 100 valence electrons. The number of rotatable bonds is 2. The van der Waals surface area contributed by atoms with Crippen molar-refractivity contribution in [1.29, 1.82) is 0 Å². The van der Waals surface area contributed by atoms with E-state index in [1.807, 2.05) is 12.1 Å². The quantitative estimate of drug-likeness (QED) is 0.865. The van der Waals surface area contributed by atoms with Crippen molar-refractivity contribution < 1.29 is 5.11 Å². The van der Waals surface area contributed by atoms with E-state index in [1.54, 1.807) is 13.1 Å². The monoisotopic (exact) mass is 249 g/mol. The molecule has 0 spiro atoms. The average Bonchev–Trinajstić information content (AvgIpc) is 2.33. The Morgan fingerprint density at radius 3 is 2.72 bits per heavy atom. The van der Waals surface area contributed by atoms with Crippen LogP contribution in [0.25, 0.3) is 0 Å². The number of aliphatic hydroxyl groups excluding tert-OH is 1. The van der Waals surface area contributed by atoms with E-state index in [0.29, 0.717) is 0 Å². The predicted molar refractivity (Wildman–Crippen MR) is 73.8 cm³/mol. The van der Waals surface area contributed by atoms with Gasteiger partial charge in [0.15, 0.2) is 0 Å². The van der Waals surface area contributed by atoms with Crippen LogP contribution in [0.3, 0.4) is 0 Å².